The second kappa shape index (κ2) is 7.93. The highest BCUT2D eigenvalue weighted by atomic mass is 35.5. The molecule has 0 spiro atoms. The summed E-state index contributed by atoms with van der Waals surface area (Å²) in [7, 11) is 0. The van der Waals surface area contributed by atoms with Crippen LogP contribution in [0.3, 0.4) is 0 Å². The van der Waals surface area contributed by atoms with E-state index in [-0.39, 0.29) is 29.3 Å². The van der Waals surface area contributed by atoms with Gasteiger partial charge < -0.3 is 10.1 Å². The fourth-order valence-electron chi connectivity index (χ4n) is 2.28. The molecular formula is C18H19ClN2O3. The van der Waals surface area contributed by atoms with Gasteiger partial charge in [-0.15, -0.1) is 0 Å². The fraction of sp³-hybridized carbons (Fsp3) is 0.278. The maximum Gasteiger partial charge on any atom is 0.338 e. The van der Waals surface area contributed by atoms with Crippen molar-refractivity contribution in [3.63, 3.8) is 0 Å². The van der Waals surface area contributed by atoms with Gasteiger partial charge in [-0.25, -0.2) is 9.78 Å². The van der Waals surface area contributed by atoms with Crippen molar-refractivity contribution in [2.24, 2.45) is 0 Å². The summed E-state index contributed by atoms with van der Waals surface area (Å²) in [5.74, 6) is -0.773. The molecule has 0 bridgehead atoms. The van der Waals surface area contributed by atoms with Crippen molar-refractivity contribution in [1.82, 2.24) is 10.3 Å². The quantitative estimate of drug-likeness (QED) is 0.666. The zero-order valence-corrected chi connectivity index (χ0v) is 14.6. The van der Waals surface area contributed by atoms with Gasteiger partial charge in [0.2, 0.25) is 0 Å². The second-order valence-electron chi connectivity index (χ2n) is 5.69. The molecule has 0 unspecified atom stereocenters. The van der Waals surface area contributed by atoms with Crippen LogP contribution in [0.25, 0.3) is 0 Å². The molecule has 5 nitrogen and oxygen atoms in total. The number of ether oxygens (including phenoxy) is 1. The number of nitrogens with one attached hydrogen (secondary N) is 1. The number of halogens is 1. The summed E-state index contributed by atoms with van der Waals surface area (Å²) in [5, 5.41) is 2.86. The normalized spacial score (nSPS) is 11.7. The molecule has 2 rings (SSSR count). The molecule has 1 N–H and O–H groups in total. The monoisotopic (exact) mass is 346 g/mol. The zero-order valence-electron chi connectivity index (χ0n) is 13.8. The molecule has 0 saturated heterocycles. The van der Waals surface area contributed by atoms with Crippen LogP contribution in [0.5, 0.6) is 0 Å². The van der Waals surface area contributed by atoms with Gasteiger partial charge in [0, 0.05) is 6.20 Å². The fourth-order valence-corrected chi connectivity index (χ4v) is 2.48. The molecule has 0 fully saturated rings. The van der Waals surface area contributed by atoms with E-state index >= 15 is 0 Å². The Kier molecular flexibility index (Phi) is 5.93. The minimum absolute atomic E-state index is 0.0649. The van der Waals surface area contributed by atoms with Crippen molar-refractivity contribution >= 4 is 23.5 Å². The number of carbonyl (C=O) groups excluding carboxylic acids is 2. The number of esters is 1. The van der Waals surface area contributed by atoms with Gasteiger partial charge in [0.15, 0.2) is 0 Å². The second-order valence-corrected chi connectivity index (χ2v) is 6.05. The van der Waals surface area contributed by atoms with E-state index in [0.29, 0.717) is 5.56 Å². The van der Waals surface area contributed by atoms with E-state index < -0.39 is 5.97 Å². The van der Waals surface area contributed by atoms with E-state index in [1.54, 1.807) is 31.2 Å². The van der Waals surface area contributed by atoms with Gasteiger partial charge in [0.25, 0.3) is 5.91 Å². The molecule has 1 amide bonds. The van der Waals surface area contributed by atoms with Crippen LogP contribution in [0.15, 0.2) is 36.5 Å². The highest BCUT2D eigenvalue weighted by Gasteiger charge is 2.15. The number of hydrogen-bond donors (Lipinski definition) is 1. The van der Waals surface area contributed by atoms with Crippen LogP contribution in [-0.4, -0.2) is 29.5 Å². The summed E-state index contributed by atoms with van der Waals surface area (Å²) in [6, 6.07) is 8.38. The third-order valence-electron chi connectivity index (χ3n) is 3.30. The van der Waals surface area contributed by atoms with Crippen molar-refractivity contribution in [2.75, 3.05) is 6.61 Å². The lowest BCUT2D eigenvalue weighted by Gasteiger charge is -2.15. The standard InChI is InChI=1S/C18H19ClN2O3/c1-11-7-12(2)9-14(8-11)18(23)24-10-13(3)21-17(22)15-5-4-6-20-16(15)19/h4-9,13H,10H2,1-3H3,(H,21,22)/t13-/m0/s1. The molecule has 2 aromatic rings. The third kappa shape index (κ3) is 4.80. The van der Waals surface area contributed by atoms with E-state index in [9.17, 15) is 9.59 Å². The minimum Gasteiger partial charge on any atom is -0.460 e. The van der Waals surface area contributed by atoms with E-state index in [1.807, 2.05) is 19.9 Å². The minimum atomic E-state index is -0.415. The molecular weight excluding hydrogens is 328 g/mol. The van der Waals surface area contributed by atoms with Crippen LogP contribution >= 0.6 is 11.6 Å². The number of amides is 1. The van der Waals surface area contributed by atoms with Crippen LogP contribution in [0, 0.1) is 13.8 Å². The Morgan fingerprint density at radius 1 is 1.25 bits per heavy atom. The number of pyridine rings is 1. The molecule has 0 aliphatic rings. The number of rotatable bonds is 5. The van der Waals surface area contributed by atoms with E-state index in [2.05, 4.69) is 10.3 Å². The summed E-state index contributed by atoms with van der Waals surface area (Å²) in [6.07, 6.45) is 1.51. The molecule has 0 aliphatic carbocycles. The molecule has 1 atom stereocenters. The van der Waals surface area contributed by atoms with Crippen molar-refractivity contribution < 1.29 is 14.3 Å². The highest BCUT2D eigenvalue weighted by Crippen LogP contribution is 2.12. The smallest absolute Gasteiger partial charge is 0.338 e. The van der Waals surface area contributed by atoms with Gasteiger partial charge in [0.05, 0.1) is 17.2 Å². The van der Waals surface area contributed by atoms with Gasteiger partial charge in [-0.05, 0) is 45.0 Å². The van der Waals surface area contributed by atoms with Gasteiger partial charge in [0.1, 0.15) is 11.8 Å². The zero-order chi connectivity index (χ0) is 17.7. The first-order valence-electron chi connectivity index (χ1n) is 7.53. The van der Waals surface area contributed by atoms with Crippen LogP contribution < -0.4 is 5.32 Å². The van der Waals surface area contributed by atoms with Crippen LogP contribution in [-0.2, 0) is 4.74 Å². The van der Waals surface area contributed by atoms with Crippen molar-refractivity contribution in [3.8, 4) is 0 Å². The predicted octanol–water partition coefficient (Wildman–Crippen LogP) is 3.33. The average molecular weight is 347 g/mol. The van der Waals surface area contributed by atoms with Crippen LogP contribution in [0.1, 0.15) is 38.8 Å². The first kappa shape index (κ1) is 17.9. The van der Waals surface area contributed by atoms with Crippen molar-refractivity contribution in [1.29, 1.82) is 0 Å². The molecule has 0 saturated carbocycles. The largest absolute Gasteiger partial charge is 0.460 e. The van der Waals surface area contributed by atoms with E-state index in [1.165, 1.54) is 6.20 Å². The molecule has 24 heavy (non-hydrogen) atoms. The molecule has 1 aromatic carbocycles. The van der Waals surface area contributed by atoms with E-state index in [0.717, 1.165) is 11.1 Å². The molecule has 126 valence electrons. The molecule has 0 radical (unpaired) electrons. The van der Waals surface area contributed by atoms with Crippen LogP contribution in [0.2, 0.25) is 5.15 Å². The lowest BCUT2D eigenvalue weighted by molar-refractivity contribution is 0.0464. The number of hydrogen-bond acceptors (Lipinski definition) is 4. The highest BCUT2D eigenvalue weighted by molar-refractivity contribution is 6.32. The van der Waals surface area contributed by atoms with Crippen molar-refractivity contribution in [3.05, 3.63) is 63.9 Å². The summed E-state index contributed by atoms with van der Waals surface area (Å²) < 4.78 is 5.26. The maximum atomic E-state index is 12.1. The van der Waals surface area contributed by atoms with Gasteiger partial charge in [-0.1, -0.05) is 28.8 Å². The van der Waals surface area contributed by atoms with Crippen molar-refractivity contribution in [2.45, 2.75) is 26.8 Å². The number of aromatic nitrogens is 1. The molecule has 1 heterocycles. The summed E-state index contributed by atoms with van der Waals surface area (Å²) in [4.78, 5) is 28.1. The number of nitrogens with zero attached hydrogens (tertiary/aromatic N) is 1. The first-order chi connectivity index (χ1) is 11.4. The number of aryl methyl sites for hydroxylation is 2. The van der Waals surface area contributed by atoms with Gasteiger partial charge >= 0.3 is 5.97 Å². The number of carbonyl (C=O) groups is 2. The molecule has 0 aliphatic heterocycles. The SMILES string of the molecule is Cc1cc(C)cc(C(=O)OC[C@H](C)NC(=O)c2cccnc2Cl)c1. The van der Waals surface area contributed by atoms with Gasteiger partial charge in [-0.3, -0.25) is 4.79 Å². The predicted molar refractivity (Wildman–Crippen MR) is 92.4 cm³/mol. The average Bonchev–Trinajstić information content (AvgIpc) is 2.52. The Labute approximate surface area is 146 Å². The lowest BCUT2D eigenvalue weighted by Crippen LogP contribution is -2.36. The Balaban J connectivity index is 1.91. The Hall–Kier alpha value is -2.40. The molecule has 6 heteroatoms. The number of benzene rings is 1. The van der Waals surface area contributed by atoms with Crippen LogP contribution in [0.4, 0.5) is 0 Å². The maximum absolute atomic E-state index is 12.1. The summed E-state index contributed by atoms with van der Waals surface area (Å²) in [5.41, 5.74) is 2.78. The van der Waals surface area contributed by atoms with E-state index in [4.69, 9.17) is 16.3 Å². The topological polar surface area (TPSA) is 68.3 Å². The Morgan fingerprint density at radius 3 is 2.54 bits per heavy atom. The summed E-state index contributed by atoms with van der Waals surface area (Å²) >= 11 is 5.88. The molecule has 1 aromatic heterocycles. The van der Waals surface area contributed by atoms with Gasteiger partial charge in [-0.2, -0.15) is 0 Å². The Morgan fingerprint density at radius 2 is 1.92 bits per heavy atom. The first-order valence-corrected chi connectivity index (χ1v) is 7.91. The summed E-state index contributed by atoms with van der Waals surface area (Å²) in [6.45, 7) is 5.65. The Bertz CT molecular complexity index is 741. The third-order valence-corrected chi connectivity index (χ3v) is 3.60. The lowest BCUT2D eigenvalue weighted by atomic mass is 10.1.